The maximum absolute atomic E-state index is 14.4. The van der Waals surface area contributed by atoms with Crippen LogP contribution < -0.4 is 14.5 Å². The van der Waals surface area contributed by atoms with E-state index in [1.54, 1.807) is 78.9 Å². The number of carbonyl (C=O) groups excluding carboxylic acids is 2. The third-order valence-electron chi connectivity index (χ3n) is 6.31. The molecule has 39 heavy (non-hydrogen) atoms. The number of methoxy groups -OCH3 is 1. The van der Waals surface area contributed by atoms with E-state index in [9.17, 15) is 14.0 Å². The van der Waals surface area contributed by atoms with Crippen molar-refractivity contribution in [3.05, 3.63) is 129 Å². The number of carbonyl (C=O) groups is 2. The van der Waals surface area contributed by atoms with E-state index in [1.165, 1.54) is 23.0 Å². The van der Waals surface area contributed by atoms with Gasteiger partial charge in [-0.1, -0.05) is 54.6 Å². The number of rotatable bonds is 6. The predicted octanol–water partition coefficient (Wildman–Crippen LogP) is 6.78. The second-order valence-corrected chi connectivity index (χ2v) is 10.3. The molecular weight excluding hydrogens is 626 g/mol. The van der Waals surface area contributed by atoms with Crippen molar-refractivity contribution in [1.82, 2.24) is 0 Å². The molecule has 0 spiro atoms. The van der Waals surface area contributed by atoms with Gasteiger partial charge in [0.05, 0.1) is 18.5 Å². The lowest BCUT2D eigenvalue weighted by Gasteiger charge is -2.36. The molecule has 1 fully saturated rings. The Balaban J connectivity index is 1.60. The van der Waals surface area contributed by atoms with Gasteiger partial charge in [0.25, 0.3) is 11.8 Å². The van der Waals surface area contributed by atoms with Crippen LogP contribution in [0.25, 0.3) is 6.08 Å². The normalized spacial score (nSPS) is 13.6. The lowest BCUT2D eigenvalue weighted by atomic mass is 10.00. The molecule has 0 aliphatic carbocycles. The average molecular weight is 648 g/mol. The molecule has 4 aromatic rings. The molecule has 0 N–H and O–H groups in total. The molecule has 0 aromatic heterocycles. The predicted molar refractivity (Wildman–Crippen MR) is 163 cm³/mol. The van der Waals surface area contributed by atoms with Gasteiger partial charge in [-0.2, -0.15) is 0 Å². The quantitative estimate of drug-likeness (QED) is 0.100. The molecule has 194 valence electrons. The molecule has 0 bridgehead atoms. The number of thiocarbonyl (C=S) groups is 1. The average Bonchev–Trinajstić information content (AvgIpc) is 2.94. The first-order valence-corrected chi connectivity index (χ1v) is 13.5. The van der Waals surface area contributed by atoms with Crippen LogP contribution in [-0.2, 0) is 16.0 Å². The van der Waals surface area contributed by atoms with Crippen molar-refractivity contribution >= 4 is 69.2 Å². The van der Waals surface area contributed by atoms with Gasteiger partial charge in [-0.05, 0) is 94.5 Å². The van der Waals surface area contributed by atoms with E-state index < -0.39 is 11.8 Å². The summed E-state index contributed by atoms with van der Waals surface area (Å²) in [6, 6.07) is 28.2. The van der Waals surface area contributed by atoms with Crippen LogP contribution in [-0.4, -0.2) is 24.0 Å². The number of benzene rings is 4. The molecule has 0 atom stereocenters. The van der Waals surface area contributed by atoms with Gasteiger partial charge in [0, 0.05) is 15.6 Å². The van der Waals surface area contributed by atoms with E-state index in [1.807, 2.05) is 18.2 Å². The summed E-state index contributed by atoms with van der Waals surface area (Å²) in [6.45, 7) is 0. The number of ether oxygens (including phenoxy) is 1. The third-order valence-corrected chi connectivity index (χ3v) is 7.64. The molecule has 0 unspecified atom stereocenters. The maximum Gasteiger partial charge on any atom is 0.270 e. The number of hydrogen-bond acceptors (Lipinski definition) is 4. The minimum absolute atomic E-state index is 0.0454. The Bertz CT molecular complexity index is 1550. The molecule has 5 rings (SSSR count). The van der Waals surface area contributed by atoms with Crippen LogP contribution in [0.4, 0.5) is 15.8 Å². The summed E-state index contributed by atoms with van der Waals surface area (Å²) in [5.74, 6) is -0.804. The fraction of sp³-hybridized carbons (Fsp3) is 0.0645. The molecule has 1 saturated heterocycles. The first-order valence-electron chi connectivity index (χ1n) is 12.0. The van der Waals surface area contributed by atoms with Gasteiger partial charge in [0.15, 0.2) is 5.11 Å². The summed E-state index contributed by atoms with van der Waals surface area (Å²) in [7, 11) is 1.54. The molecule has 0 radical (unpaired) electrons. The van der Waals surface area contributed by atoms with Gasteiger partial charge in [-0.15, -0.1) is 0 Å². The van der Waals surface area contributed by atoms with Crippen molar-refractivity contribution in [2.75, 3.05) is 16.9 Å². The molecule has 0 saturated carbocycles. The molecule has 8 heteroatoms. The van der Waals surface area contributed by atoms with Gasteiger partial charge in [0.1, 0.15) is 17.1 Å². The molecular formula is C31H22FIN2O3S. The Labute approximate surface area is 244 Å². The van der Waals surface area contributed by atoms with E-state index in [4.69, 9.17) is 17.0 Å². The van der Waals surface area contributed by atoms with Gasteiger partial charge < -0.3 is 4.74 Å². The van der Waals surface area contributed by atoms with Crippen molar-refractivity contribution in [2.45, 2.75) is 6.42 Å². The van der Waals surface area contributed by atoms with E-state index in [0.717, 1.165) is 9.13 Å². The van der Waals surface area contributed by atoms with Crippen molar-refractivity contribution in [3.8, 4) is 5.75 Å². The Morgan fingerprint density at radius 3 is 1.92 bits per heavy atom. The summed E-state index contributed by atoms with van der Waals surface area (Å²) < 4.78 is 20.8. The number of nitrogens with zero attached hydrogens (tertiary/aromatic N) is 2. The van der Waals surface area contributed by atoms with E-state index in [-0.39, 0.29) is 16.5 Å². The first kappa shape index (κ1) is 26.7. The van der Waals surface area contributed by atoms with E-state index >= 15 is 0 Å². The van der Waals surface area contributed by atoms with Crippen molar-refractivity contribution in [3.63, 3.8) is 0 Å². The summed E-state index contributed by atoms with van der Waals surface area (Å²) in [5.41, 5.74) is 3.01. The minimum atomic E-state index is -0.521. The minimum Gasteiger partial charge on any atom is -0.496 e. The Kier molecular flexibility index (Phi) is 7.85. The highest BCUT2D eigenvalue weighted by molar-refractivity contribution is 14.1. The Morgan fingerprint density at radius 2 is 1.38 bits per heavy atom. The molecule has 1 heterocycles. The van der Waals surface area contributed by atoms with Crippen LogP contribution in [0.2, 0.25) is 0 Å². The molecule has 5 nitrogen and oxygen atoms in total. The number of para-hydroxylation sites is 2. The summed E-state index contributed by atoms with van der Waals surface area (Å²) in [6.07, 6.45) is 1.89. The van der Waals surface area contributed by atoms with Crippen LogP contribution in [0.3, 0.4) is 0 Å². The van der Waals surface area contributed by atoms with Crippen LogP contribution in [0.5, 0.6) is 5.75 Å². The van der Waals surface area contributed by atoms with E-state index in [2.05, 4.69) is 22.6 Å². The Hall–Kier alpha value is -3.89. The lowest BCUT2D eigenvalue weighted by Crippen LogP contribution is -2.56. The van der Waals surface area contributed by atoms with E-state index in [0.29, 0.717) is 34.7 Å². The van der Waals surface area contributed by atoms with Crippen LogP contribution in [0.15, 0.2) is 103 Å². The van der Waals surface area contributed by atoms with Crippen LogP contribution in [0, 0.1) is 9.39 Å². The first-order chi connectivity index (χ1) is 18.9. The third kappa shape index (κ3) is 5.35. The number of hydrogen-bond donors (Lipinski definition) is 0. The SMILES string of the molecule is COc1cc(C=C2C(=O)N(c3ccccc3)C(=S)N(c3ccccc3)C2=O)cc(I)c1Cc1ccccc1F. The Morgan fingerprint density at radius 1 is 0.846 bits per heavy atom. The highest BCUT2D eigenvalue weighted by atomic mass is 127. The zero-order valence-electron chi connectivity index (χ0n) is 20.8. The lowest BCUT2D eigenvalue weighted by molar-refractivity contribution is -0.120. The fourth-order valence-corrected chi connectivity index (χ4v) is 5.60. The zero-order chi connectivity index (χ0) is 27.5. The standard InChI is InChI=1S/C31H22FIN2O3S/c1-38-28-18-20(17-27(33)24(28)19-21-10-8-9-15-26(21)32)16-25-29(36)34(22-11-4-2-5-12-22)31(39)35(30(25)37)23-13-6-3-7-14-23/h2-18H,19H2,1H3. The van der Waals surface area contributed by atoms with Gasteiger partial charge >= 0.3 is 0 Å². The van der Waals surface area contributed by atoms with Crippen LogP contribution in [0.1, 0.15) is 16.7 Å². The maximum atomic E-state index is 14.4. The highest BCUT2D eigenvalue weighted by Crippen LogP contribution is 2.33. The van der Waals surface area contributed by atoms with Crippen molar-refractivity contribution in [2.24, 2.45) is 0 Å². The molecule has 1 aliphatic rings. The van der Waals surface area contributed by atoms with Crippen molar-refractivity contribution < 1.29 is 18.7 Å². The van der Waals surface area contributed by atoms with Gasteiger partial charge in [0.2, 0.25) is 0 Å². The second-order valence-electron chi connectivity index (χ2n) is 8.74. The zero-order valence-corrected chi connectivity index (χ0v) is 23.8. The number of amides is 2. The smallest absolute Gasteiger partial charge is 0.270 e. The summed E-state index contributed by atoms with van der Waals surface area (Å²) in [5, 5.41) is 0.0759. The second kappa shape index (κ2) is 11.5. The van der Waals surface area contributed by atoms with Crippen molar-refractivity contribution in [1.29, 1.82) is 0 Å². The highest BCUT2D eigenvalue weighted by Gasteiger charge is 2.41. The molecule has 2 amide bonds. The van der Waals surface area contributed by atoms with Crippen LogP contribution >= 0.6 is 34.8 Å². The molecule has 1 aliphatic heterocycles. The number of halogens is 2. The summed E-state index contributed by atoms with van der Waals surface area (Å²) >= 11 is 7.83. The topological polar surface area (TPSA) is 49.9 Å². The fourth-order valence-electron chi connectivity index (χ4n) is 4.41. The molecule has 4 aromatic carbocycles. The number of anilines is 2. The monoisotopic (exact) mass is 648 g/mol. The van der Waals surface area contributed by atoms with Gasteiger partial charge in [-0.25, -0.2) is 4.39 Å². The summed E-state index contributed by atoms with van der Waals surface area (Å²) in [4.78, 5) is 30.3. The largest absolute Gasteiger partial charge is 0.496 e. The van der Waals surface area contributed by atoms with Gasteiger partial charge in [-0.3, -0.25) is 19.4 Å².